The molecule has 0 amide bonds. The Morgan fingerprint density at radius 1 is 0.500 bits per heavy atom. The first-order valence-electron chi connectivity index (χ1n) is 20.8. The Labute approximate surface area is 370 Å². The van der Waals surface area contributed by atoms with Crippen LogP contribution in [0.2, 0.25) is 0 Å². The molecule has 0 bridgehead atoms. The topological polar surface area (TPSA) is 0 Å². The van der Waals surface area contributed by atoms with Crippen LogP contribution in [0, 0.1) is 59.4 Å². The van der Waals surface area contributed by atoms with Gasteiger partial charge in [-0.25, -0.2) is 0 Å². The second kappa shape index (κ2) is 18.7. The summed E-state index contributed by atoms with van der Waals surface area (Å²) in [4.78, 5) is 0. The molecular formula is C56H57HfSi-3. The van der Waals surface area contributed by atoms with Crippen molar-refractivity contribution in [2.24, 2.45) is 11.8 Å². The van der Waals surface area contributed by atoms with Gasteiger partial charge in [0.15, 0.2) is 0 Å². The van der Waals surface area contributed by atoms with E-state index >= 15 is 0 Å². The van der Waals surface area contributed by atoms with E-state index in [1.54, 1.807) is 0 Å². The molecule has 0 aromatic heterocycles. The molecule has 0 nitrogen and oxygen atoms in total. The third-order valence-electron chi connectivity index (χ3n) is 11.4. The van der Waals surface area contributed by atoms with Gasteiger partial charge in [0, 0.05) is 25.8 Å². The van der Waals surface area contributed by atoms with Crippen LogP contribution < -0.4 is 10.4 Å². The maximum atomic E-state index is 3.31. The average molecular weight is 937 g/mol. The molecule has 1 aliphatic heterocycles. The molecule has 0 saturated heterocycles. The van der Waals surface area contributed by atoms with Crippen molar-refractivity contribution >= 4 is 41.4 Å². The van der Waals surface area contributed by atoms with Crippen molar-refractivity contribution in [3.8, 4) is 33.4 Å². The van der Waals surface area contributed by atoms with E-state index in [1.165, 1.54) is 110 Å². The van der Waals surface area contributed by atoms with Gasteiger partial charge in [-0.05, 0) is 99.6 Å². The first kappa shape index (κ1) is 43.2. The van der Waals surface area contributed by atoms with Crippen LogP contribution in [0.15, 0.2) is 127 Å². The number of hydrogen-bond donors (Lipinski definition) is 0. The van der Waals surface area contributed by atoms with E-state index in [1.807, 2.05) is 6.07 Å². The first-order chi connectivity index (χ1) is 27.4. The fraction of sp³-hybridized carbons (Fsp3) is 0.250. The van der Waals surface area contributed by atoms with Crippen LogP contribution in [-0.4, -0.2) is 9.52 Å². The molecule has 2 radical (unpaired) electrons. The van der Waals surface area contributed by atoms with Gasteiger partial charge in [0.2, 0.25) is 0 Å². The van der Waals surface area contributed by atoms with Gasteiger partial charge in [0.25, 0.3) is 0 Å². The number of fused-ring (bicyclic) bond motifs is 5. The summed E-state index contributed by atoms with van der Waals surface area (Å²) in [5, 5.41) is 8.35. The largest absolute Gasteiger partial charge is 0.184 e. The summed E-state index contributed by atoms with van der Waals surface area (Å²) < 4.78 is 0. The van der Waals surface area contributed by atoms with Crippen LogP contribution in [0.3, 0.4) is 0 Å². The molecule has 0 aliphatic carbocycles. The molecule has 0 atom stereocenters. The van der Waals surface area contributed by atoms with Crippen LogP contribution in [0.25, 0.3) is 54.9 Å². The van der Waals surface area contributed by atoms with Crippen molar-refractivity contribution in [1.82, 2.24) is 0 Å². The quantitative estimate of drug-likeness (QED) is 0.115. The van der Waals surface area contributed by atoms with Gasteiger partial charge in [-0.1, -0.05) is 121 Å². The van der Waals surface area contributed by atoms with Crippen molar-refractivity contribution in [2.45, 2.75) is 82.1 Å². The fourth-order valence-corrected chi connectivity index (χ4v) is 9.92. The maximum absolute atomic E-state index is 3.31. The van der Waals surface area contributed by atoms with Crippen molar-refractivity contribution < 1.29 is 25.8 Å². The summed E-state index contributed by atoms with van der Waals surface area (Å²) in [5.41, 5.74) is 19.4. The molecule has 0 unspecified atom stereocenters. The molecule has 0 saturated carbocycles. The summed E-state index contributed by atoms with van der Waals surface area (Å²) in [6, 6.07) is 50.2. The Morgan fingerprint density at radius 2 is 0.966 bits per heavy atom. The number of benzene rings is 6. The minimum absolute atomic E-state index is 0. The second-order valence-corrected chi connectivity index (χ2v) is 18.5. The van der Waals surface area contributed by atoms with E-state index in [0.29, 0.717) is 11.8 Å². The smallest absolute Gasteiger partial charge is 0.0920 e. The first-order valence-corrected chi connectivity index (χ1v) is 21.8. The Kier molecular flexibility index (Phi) is 13.9. The van der Waals surface area contributed by atoms with Gasteiger partial charge < -0.3 is 0 Å². The molecule has 0 spiro atoms. The normalized spacial score (nSPS) is 11.5. The third-order valence-corrected chi connectivity index (χ3v) is 12.8. The Balaban J connectivity index is 0.000000150. The zero-order valence-corrected chi connectivity index (χ0v) is 40.8. The molecule has 8 aromatic carbocycles. The molecule has 1 aliphatic rings. The summed E-state index contributed by atoms with van der Waals surface area (Å²) in [6.07, 6.45) is 2.31. The van der Waals surface area contributed by atoms with E-state index < -0.39 is 0 Å². The molecule has 2 heteroatoms. The van der Waals surface area contributed by atoms with E-state index in [9.17, 15) is 0 Å². The molecule has 9 rings (SSSR count). The predicted octanol–water partition coefficient (Wildman–Crippen LogP) is 13.8. The minimum atomic E-state index is 0. The van der Waals surface area contributed by atoms with E-state index in [-0.39, 0.29) is 25.8 Å². The van der Waals surface area contributed by atoms with Crippen LogP contribution in [0.5, 0.6) is 0 Å². The number of aryl methyl sites for hydroxylation is 4. The van der Waals surface area contributed by atoms with E-state index in [2.05, 4.69) is 197 Å². The maximum Gasteiger partial charge on any atom is 0.0920 e. The van der Waals surface area contributed by atoms with Gasteiger partial charge in [0.1, 0.15) is 0 Å². The van der Waals surface area contributed by atoms with Crippen molar-refractivity contribution in [3.05, 3.63) is 178 Å². The Hall–Kier alpha value is -4.37. The van der Waals surface area contributed by atoms with Crippen molar-refractivity contribution in [2.75, 3.05) is 0 Å². The average Bonchev–Trinajstić information content (AvgIpc) is 3.89. The van der Waals surface area contributed by atoms with Gasteiger partial charge >= 0.3 is 0 Å². The molecule has 8 aromatic rings. The van der Waals surface area contributed by atoms with Gasteiger partial charge in [0.05, 0.1) is 9.52 Å². The minimum Gasteiger partial charge on any atom is -0.184 e. The summed E-state index contributed by atoms with van der Waals surface area (Å²) in [7, 11) is 0.795. The summed E-state index contributed by atoms with van der Waals surface area (Å²) in [6.45, 7) is 22.4. The summed E-state index contributed by atoms with van der Waals surface area (Å²) in [5.74, 6) is 1.39. The van der Waals surface area contributed by atoms with Gasteiger partial charge in [-0.15, -0.1) is 74.6 Å². The van der Waals surface area contributed by atoms with Crippen LogP contribution in [0.4, 0.5) is 0 Å². The predicted molar refractivity (Wildman–Crippen MR) is 251 cm³/mol. The number of hydrogen-bond acceptors (Lipinski definition) is 0. The van der Waals surface area contributed by atoms with Crippen LogP contribution in [0.1, 0.15) is 72.2 Å². The molecule has 58 heavy (non-hydrogen) atoms. The zero-order chi connectivity index (χ0) is 40.4. The second-order valence-electron chi connectivity index (χ2n) is 17.2. The molecular weight excluding hydrogens is 879 g/mol. The van der Waals surface area contributed by atoms with E-state index in [0.717, 1.165) is 22.4 Å². The Morgan fingerprint density at radius 3 is 1.47 bits per heavy atom. The standard InChI is InChI=1S/2C22H25.C12H7Si.Hf/c2*1-14(2)9-18-12-19-7-6-8-20(22(19)13-18)21-11-15(3)10-16(4)17(21)5;1-3-7-11-9(5-1)10-6-2-4-8-12(10)13-11;/h2*6-8,10-14H,9H2,1-5H3;1-7H;/q3*-1;. The van der Waals surface area contributed by atoms with Crippen molar-refractivity contribution in [3.63, 3.8) is 0 Å². The summed E-state index contributed by atoms with van der Waals surface area (Å²) >= 11 is 0. The Bertz CT molecular complexity index is 2490. The molecule has 0 N–H and O–H groups in total. The fourth-order valence-electron chi connectivity index (χ4n) is 8.61. The molecule has 292 valence electrons. The zero-order valence-electron chi connectivity index (χ0n) is 36.2. The van der Waals surface area contributed by atoms with Crippen LogP contribution >= 0.6 is 0 Å². The van der Waals surface area contributed by atoms with Gasteiger partial charge in [-0.3, -0.25) is 0 Å². The van der Waals surface area contributed by atoms with Crippen molar-refractivity contribution in [1.29, 1.82) is 0 Å². The van der Waals surface area contributed by atoms with Crippen LogP contribution in [-0.2, 0) is 38.7 Å². The monoisotopic (exact) mass is 937 g/mol. The molecule has 1 heterocycles. The van der Waals surface area contributed by atoms with E-state index in [4.69, 9.17) is 0 Å². The molecule has 0 fully saturated rings. The van der Waals surface area contributed by atoms with Gasteiger partial charge in [-0.2, -0.15) is 41.6 Å². The SMILES string of the molecule is Cc1cc(C)c(C)c(-c2cccc3[cH-]c(CC(C)C)cc23)c1.Cc1cc(C)c(C)c(-c2cccc3[cH-]c(CC(C)C)cc23)c1.[Hf].[c-]1cccc2c1[Si]c1ccccc1-2. The third kappa shape index (κ3) is 9.56. The number of rotatable bonds is 6.